The molecule has 0 radical (unpaired) electrons. The Morgan fingerprint density at radius 2 is 1.87 bits per heavy atom. The normalized spacial score (nSPS) is 10.8. The maximum Gasteiger partial charge on any atom is 0.336 e. The minimum atomic E-state index is -0.915. The van der Waals surface area contributed by atoms with E-state index in [0.717, 1.165) is 35.9 Å². The summed E-state index contributed by atoms with van der Waals surface area (Å²) in [4.78, 5) is 16.3. The highest BCUT2D eigenvalue weighted by Gasteiger charge is 2.13. The van der Waals surface area contributed by atoms with Gasteiger partial charge >= 0.3 is 5.97 Å². The van der Waals surface area contributed by atoms with Crippen LogP contribution in [0.2, 0.25) is 0 Å². The van der Waals surface area contributed by atoms with Crippen LogP contribution in [-0.2, 0) is 6.42 Å². The molecule has 116 valence electrons. The highest BCUT2D eigenvalue weighted by Crippen LogP contribution is 2.26. The number of benzene rings is 2. The number of carbonyl (C=O) groups is 1. The molecule has 0 unspecified atom stereocenters. The van der Waals surface area contributed by atoms with Gasteiger partial charge in [0.2, 0.25) is 0 Å². The van der Waals surface area contributed by atoms with Gasteiger partial charge in [-0.1, -0.05) is 49.7 Å². The van der Waals surface area contributed by atoms with E-state index in [4.69, 9.17) is 0 Å². The van der Waals surface area contributed by atoms with Crippen molar-refractivity contribution in [1.82, 2.24) is 4.98 Å². The predicted octanol–water partition coefficient (Wildman–Crippen LogP) is 4.94. The molecule has 2 aromatic carbocycles. The lowest BCUT2D eigenvalue weighted by molar-refractivity contribution is 0.0699. The molecular weight excluding hydrogens is 286 g/mol. The Labute approximate surface area is 135 Å². The molecule has 3 nitrogen and oxygen atoms in total. The van der Waals surface area contributed by atoms with Crippen molar-refractivity contribution in [2.75, 3.05) is 0 Å². The zero-order valence-electron chi connectivity index (χ0n) is 13.1. The summed E-state index contributed by atoms with van der Waals surface area (Å²) >= 11 is 0. The highest BCUT2D eigenvalue weighted by molar-refractivity contribution is 6.04. The maximum atomic E-state index is 11.7. The van der Waals surface area contributed by atoms with E-state index >= 15 is 0 Å². The standard InChI is InChI=1S/C20H19NO2/c1-2-3-7-14-10-11-18-16(12-14)17(20(22)23)13-19(21-18)15-8-5-4-6-9-15/h4-6,8-13H,2-3,7H2,1H3,(H,22,23). The number of carboxylic acid groups (broad SMARTS) is 1. The number of fused-ring (bicyclic) bond motifs is 1. The second-order valence-electron chi connectivity index (χ2n) is 5.68. The Hall–Kier alpha value is -2.68. The van der Waals surface area contributed by atoms with Gasteiger partial charge in [-0.2, -0.15) is 0 Å². The fourth-order valence-electron chi connectivity index (χ4n) is 2.74. The van der Waals surface area contributed by atoms with Crippen molar-refractivity contribution in [3.05, 3.63) is 65.7 Å². The van der Waals surface area contributed by atoms with Gasteiger partial charge in [0, 0.05) is 10.9 Å². The Balaban J connectivity index is 2.15. The molecule has 0 saturated carbocycles. The number of unbranched alkanes of at least 4 members (excludes halogenated alkanes) is 1. The summed E-state index contributed by atoms with van der Waals surface area (Å²) < 4.78 is 0. The Morgan fingerprint density at radius 3 is 2.57 bits per heavy atom. The van der Waals surface area contributed by atoms with Gasteiger partial charge in [-0.05, 0) is 36.6 Å². The third-order valence-electron chi connectivity index (χ3n) is 3.99. The number of rotatable bonds is 5. The molecule has 0 atom stereocenters. The van der Waals surface area contributed by atoms with Crippen LogP contribution in [0.25, 0.3) is 22.2 Å². The van der Waals surface area contributed by atoms with Crippen LogP contribution < -0.4 is 0 Å². The van der Waals surface area contributed by atoms with Gasteiger partial charge in [-0.15, -0.1) is 0 Å². The molecule has 0 saturated heterocycles. The van der Waals surface area contributed by atoms with Crippen molar-refractivity contribution in [2.24, 2.45) is 0 Å². The first-order chi connectivity index (χ1) is 11.2. The summed E-state index contributed by atoms with van der Waals surface area (Å²) in [6, 6.07) is 17.3. The van der Waals surface area contributed by atoms with Gasteiger partial charge in [0.05, 0.1) is 16.8 Å². The summed E-state index contributed by atoms with van der Waals surface area (Å²) in [5.41, 5.74) is 3.82. The molecular formula is C20H19NO2. The quantitative estimate of drug-likeness (QED) is 0.726. The number of aryl methyl sites for hydroxylation is 1. The number of aromatic nitrogens is 1. The number of pyridine rings is 1. The molecule has 0 bridgehead atoms. The highest BCUT2D eigenvalue weighted by atomic mass is 16.4. The molecule has 0 aliphatic rings. The minimum Gasteiger partial charge on any atom is -0.478 e. The third kappa shape index (κ3) is 3.24. The van der Waals surface area contributed by atoms with E-state index in [2.05, 4.69) is 11.9 Å². The lowest BCUT2D eigenvalue weighted by Gasteiger charge is -2.09. The predicted molar refractivity (Wildman–Crippen MR) is 92.8 cm³/mol. The molecule has 0 aliphatic heterocycles. The van der Waals surface area contributed by atoms with Crippen LogP contribution in [0.3, 0.4) is 0 Å². The first-order valence-corrected chi connectivity index (χ1v) is 7.91. The van der Waals surface area contributed by atoms with E-state index < -0.39 is 5.97 Å². The van der Waals surface area contributed by atoms with Crippen LogP contribution >= 0.6 is 0 Å². The number of hydrogen-bond acceptors (Lipinski definition) is 2. The zero-order valence-corrected chi connectivity index (χ0v) is 13.1. The lowest BCUT2D eigenvalue weighted by atomic mass is 10.0. The van der Waals surface area contributed by atoms with E-state index in [-0.39, 0.29) is 0 Å². The maximum absolute atomic E-state index is 11.7. The molecule has 1 aromatic heterocycles. The van der Waals surface area contributed by atoms with E-state index in [9.17, 15) is 9.90 Å². The second kappa shape index (κ2) is 6.61. The third-order valence-corrected chi connectivity index (χ3v) is 3.99. The van der Waals surface area contributed by atoms with Crippen LogP contribution in [0.4, 0.5) is 0 Å². The number of carboxylic acids is 1. The molecule has 0 fully saturated rings. The molecule has 23 heavy (non-hydrogen) atoms. The van der Waals surface area contributed by atoms with E-state index in [0.29, 0.717) is 16.6 Å². The van der Waals surface area contributed by atoms with Gasteiger partial charge < -0.3 is 5.11 Å². The summed E-state index contributed by atoms with van der Waals surface area (Å²) in [7, 11) is 0. The Morgan fingerprint density at radius 1 is 1.09 bits per heavy atom. The molecule has 0 spiro atoms. The van der Waals surface area contributed by atoms with E-state index in [1.807, 2.05) is 48.5 Å². The average Bonchev–Trinajstić information content (AvgIpc) is 2.59. The van der Waals surface area contributed by atoms with Crippen molar-refractivity contribution < 1.29 is 9.90 Å². The summed E-state index contributed by atoms with van der Waals surface area (Å²) in [5.74, 6) is -0.915. The van der Waals surface area contributed by atoms with Gasteiger partial charge in [0.25, 0.3) is 0 Å². The molecule has 3 aromatic rings. The molecule has 0 aliphatic carbocycles. The van der Waals surface area contributed by atoms with Gasteiger partial charge in [0.15, 0.2) is 0 Å². The first-order valence-electron chi connectivity index (χ1n) is 7.91. The van der Waals surface area contributed by atoms with E-state index in [1.54, 1.807) is 6.07 Å². The fraction of sp³-hybridized carbons (Fsp3) is 0.200. The molecule has 1 N–H and O–H groups in total. The fourth-order valence-corrected chi connectivity index (χ4v) is 2.74. The molecule has 1 heterocycles. The second-order valence-corrected chi connectivity index (χ2v) is 5.68. The van der Waals surface area contributed by atoms with Crippen molar-refractivity contribution in [2.45, 2.75) is 26.2 Å². The summed E-state index contributed by atoms with van der Waals surface area (Å²) in [6.45, 7) is 2.15. The Bertz CT molecular complexity index is 841. The van der Waals surface area contributed by atoms with Crippen molar-refractivity contribution in [1.29, 1.82) is 0 Å². The van der Waals surface area contributed by atoms with Crippen molar-refractivity contribution >= 4 is 16.9 Å². The van der Waals surface area contributed by atoms with Crippen LogP contribution in [0.15, 0.2) is 54.6 Å². The smallest absolute Gasteiger partial charge is 0.336 e. The number of nitrogens with zero attached hydrogens (tertiary/aromatic N) is 1. The van der Waals surface area contributed by atoms with Gasteiger partial charge in [-0.3, -0.25) is 0 Å². The number of aromatic carboxylic acids is 1. The summed E-state index contributed by atoms with van der Waals surface area (Å²) in [5, 5.41) is 10.3. The van der Waals surface area contributed by atoms with Gasteiger partial charge in [0.1, 0.15) is 0 Å². The lowest BCUT2D eigenvalue weighted by Crippen LogP contribution is -2.01. The van der Waals surface area contributed by atoms with Crippen LogP contribution in [-0.4, -0.2) is 16.1 Å². The summed E-state index contributed by atoms with van der Waals surface area (Å²) in [6.07, 6.45) is 3.18. The topological polar surface area (TPSA) is 50.2 Å². The average molecular weight is 305 g/mol. The molecule has 3 rings (SSSR count). The minimum absolute atomic E-state index is 0.312. The molecule has 3 heteroatoms. The first kappa shape index (κ1) is 15.2. The number of hydrogen-bond donors (Lipinski definition) is 1. The van der Waals surface area contributed by atoms with Gasteiger partial charge in [-0.25, -0.2) is 9.78 Å². The van der Waals surface area contributed by atoms with Crippen LogP contribution in [0, 0.1) is 0 Å². The largest absolute Gasteiger partial charge is 0.478 e. The van der Waals surface area contributed by atoms with Crippen LogP contribution in [0.1, 0.15) is 35.7 Å². The van der Waals surface area contributed by atoms with Crippen LogP contribution in [0.5, 0.6) is 0 Å². The molecule has 0 amide bonds. The Kier molecular flexibility index (Phi) is 4.38. The van der Waals surface area contributed by atoms with E-state index in [1.165, 1.54) is 0 Å². The SMILES string of the molecule is CCCCc1ccc2nc(-c3ccccc3)cc(C(=O)O)c2c1. The van der Waals surface area contributed by atoms with Crippen molar-refractivity contribution in [3.63, 3.8) is 0 Å². The van der Waals surface area contributed by atoms with Crippen molar-refractivity contribution in [3.8, 4) is 11.3 Å². The monoisotopic (exact) mass is 305 g/mol. The zero-order chi connectivity index (χ0) is 16.2.